The van der Waals surface area contributed by atoms with Crippen molar-refractivity contribution in [2.24, 2.45) is 7.05 Å². The Hall–Kier alpha value is -1.30. The van der Waals surface area contributed by atoms with E-state index in [1.807, 2.05) is 11.7 Å². The van der Waals surface area contributed by atoms with Crippen LogP contribution in [0.25, 0.3) is 0 Å². The van der Waals surface area contributed by atoms with Crippen LogP contribution in [0.1, 0.15) is 69.5 Å². The molecule has 0 atom stereocenters. The Balaban J connectivity index is 2.86. The van der Waals surface area contributed by atoms with E-state index >= 15 is 0 Å². The Labute approximate surface area is 104 Å². The summed E-state index contributed by atoms with van der Waals surface area (Å²) in [4.78, 5) is 0. The van der Waals surface area contributed by atoms with Gasteiger partial charge in [-0.1, -0.05) is 39.5 Å². The van der Waals surface area contributed by atoms with E-state index in [0.717, 1.165) is 11.3 Å². The molecule has 0 aliphatic carbocycles. The molecule has 0 aliphatic heterocycles. The molecule has 1 aromatic rings. The summed E-state index contributed by atoms with van der Waals surface area (Å²) in [6.07, 6.45) is 8.91. The van der Waals surface area contributed by atoms with E-state index in [-0.39, 0.29) is 0 Å². The lowest BCUT2D eigenvalue weighted by Crippen LogP contribution is -2.08. The lowest BCUT2D eigenvalue weighted by Gasteiger charge is -2.17. The van der Waals surface area contributed by atoms with E-state index in [4.69, 9.17) is 5.26 Å². The number of nitriles is 1. The Morgan fingerprint density at radius 3 is 2.35 bits per heavy atom. The minimum absolute atomic E-state index is 0.497. The highest BCUT2D eigenvalue weighted by Gasteiger charge is 2.18. The fourth-order valence-corrected chi connectivity index (χ4v) is 2.34. The average molecular weight is 233 g/mol. The normalized spacial score (nSPS) is 10.8. The Morgan fingerprint density at radius 1 is 1.29 bits per heavy atom. The van der Waals surface area contributed by atoms with E-state index in [1.165, 1.54) is 38.5 Å². The van der Waals surface area contributed by atoms with Crippen molar-refractivity contribution in [2.45, 2.75) is 58.3 Å². The molecule has 94 valence electrons. The van der Waals surface area contributed by atoms with E-state index in [0.29, 0.717) is 5.92 Å². The number of nitrogens with zero attached hydrogens (tertiary/aromatic N) is 3. The monoisotopic (exact) mass is 233 g/mol. The zero-order valence-electron chi connectivity index (χ0n) is 11.2. The molecule has 0 radical (unpaired) electrons. The van der Waals surface area contributed by atoms with Crippen LogP contribution in [0.15, 0.2) is 6.20 Å². The Bertz CT molecular complexity index is 365. The molecule has 17 heavy (non-hydrogen) atoms. The quantitative estimate of drug-likeness (QED) is 0.719. The fourth-order valence-electron chi connectivity index (χ4n) is 2.34. The molecular formula is C14H23N3. The van der Waals surface area contributed by atoms with E-state index in [2.05, 4.69) is 25.0 Å². The highest BCUT2D eigenvalue weighted by Crippen LogP contribution is 2.29. The zero-order valence-corrected chi connectivity index (χ0v) is 11.2. The van der Waals surface area contributed by atoms with Crippen molar-refractivity contribution in [1.82, 2.24) is 9.78 Å². The van der Waals surface area contributed by atoms with Gasteiger partial charge in [-0.3, -0.25) is 4.68 Å². The first-order valence-electron chi connectivity index (χ1n) is 6.66. The summed E-state index contributed by atoms with van der Waals surface area (Å²) in [6, 6.07) is 2.27. The van der Waals surface area contributed by atoms with Crippen LogP contribution in [-0.4, -0.2) is 9.78 Å². The number of aromatic nitrogens is 2. The van der Waals surface area contributed by atoms with Crippen LogP contribution in [0.2, 0.25) is 0 Å². The van der Waals surface area contributed by atoms with Crippen LogP contribution in [-0.2, 0) is 7.05 Å². The van der Waals surface area contributed by atoms with Gasteiger partial charge >= 0.3 is 0 Å². The van der Waals surface area contributed by atoms with Crippen LogP contribution in [0.4, 0.5) is 0 Å². The number of hydrogen-bond donors (Lipinski definition) is 0. The molecule has 0 bridgehead atoms. The third-order valence-corrected chi connectivity index (χ3v) is 3.30. The number of hydrogen-bond acceptors (Lipinski definition) is 2. The molecule has 1 heterocycles. The first kappa shape index (κ1) is 13.8. The van der Waals surface area contributed by atoms with Crippen molar-refractivity contribution >= 4 is 0 Å². The maximum atomic E-state index is 9.13. The van der Waals surface area contributed by atoms with Crippen molar-refractivity contribution in [3.63, 3.8) is 0 Å². The first-order valence-corrected chi connectivity index (χ1v) is 6.66. The standard InChI is InChI=1S/C14H23N3/c1-4-6-8-12(9-7-5-2)14-13(10-15)11-16-17(14)3/h11-12H,4-9H2,1-3H3. The van der Waals surface area contributed by atoms with Crippen LogP contribution in [0.5, 0.6) is 0 Å². The summed E-state index contributed by atoms with van der Waals surface area (Å²) in [5.41, 5.74) is 1.89. The third kappa shape index (κ3) is 3.59. The van der Waals surface area contributed by atoms with Gasteiger partial charge in [0.05, 0.1) is 17.5 Å². The van der Waals surface area contributed by atoms with E-state index in [1.54, 1.807) is 6.20 Å². The van der Waals surface area contributed by atoms with Gasteiger partial charge in [0.15, 0.2) is 0 Å². The fraction of sp³-hybridized carbons (Fsp3) is 0.714. The summed E-state index contributed by atoms with van der Waals surface area (Å²) in [6.45, 7) is 4.43. The molecule has 0 N–H and O–H groups in total. The lowest BCUT2D eigenvalue weighted by atomic mass is 9.91. The molecule has 0 spiro atoms. The molecule has 0 amide bonds. The topological polar surface area (TPSA) is 41.6 Å². The van der Waals surface area contributed by atoms with Gasteiger partial charge in [-0.15, -0.1) is 0 Å². The maximum Gasteiger partial charge on any atom is 0.103 e. The van der Waals surface area contributed by atoms with Gasteiger partial charge in [0.2, 0.25) is 0 Å². The minimum atomic E-state index is 0.497. The predicted molar refractivity (Wildman–Crippen MR) is 69.7 cm³/mol. The second-order valence-corrected chi connectivity index (χ2v) is 4.66. The third-order valence-electron chi connectivity index (χ3n) is 3.30. The first-order chi connectivity index (χ1) is 8.24. The number of unbranched alkanes of at least 4 members (excludes halogenated alkanes) is 2. The van der Waals surface area contributed by atoms with Gasteiger partial charge in [0, 0.05) is 13.0 Å². The van der Waals surface area contributed by atoms with Gasteiger partial charge in [-0.25, -0.2) is 0 Å². The van der Waals surface area contributed by atoms with Crippen molar-refractivity contribution in [3.8, 4) is 6.07 Å². The summed E-state index contributed by atoms with van der Waals surface area (Å²) in [5.74, 6) is 0.497. The number of aryl methyl sites for hydroxylation is 1. The lowest BCUT2D eigenvalue weighted by molar-refractivity contribution is 0.492. The van der Waals surface area contributed by atoms with Crippen molar-refractivity contribution in [3.05, 3.63) is 17.5 Å². The van der Waals surface area contributed by atoms with Gasteiger partial charge in [-0.2, -0.15) is 10.4 Å². The molecule has 0 unspecified atom stereocenters. The van der Waals surface area contributed by atoms with Crippen LogP contribution in [0, 0.1) is 11.3 Å². The van der Waals surface area contributed by atoms with Crippen LogP contribution < -0.4 is 0 Å². The van der Waals surface area contributed by atoms with Gasteiger partial charge in [0.1, 0.15) is 6.07 Å². The molecule has 0 saturated carbocycles. The Morgan fingerprint density at radius 2 is 1.88 bits per heavy atom. The summed E-state index contributed by atoms with van der Waals surface area (Å²) < 4.78 is 1.88. The highest BCUT2D eigenvalue weighted by atomic mass is 15.3. The van der Waals surface area contributed by atoms with Crippen molar-refractivity contribution in [1.29, 1.82) is 5.26 Å². The maximum absolute atomic E-state index is 9.13. The van der Waals surface area contributed by atoms with Crippen LogP contribution >= 0.6 is 0 Å². The second kappa shape index (κ2) is 7.11. The predicted octanol–water partition coefficient (Wildman–Crippen LogP) is 3.76. The van der Waals surface area contributed by atoms with Crippen molar-refractivity contribution < 1.29 is 0 Å². The van der Waals surface area contributed by atoms with E-state index < -0.39 is 0 Å². The average Bonchev–Trinajstić information content (AvgIpc) is 2.71. The largest absolute Gasteiger partial charge is 0.271 e. The van der Waals surface area contributed by atoms with Gasteiger partial charge in [-0.05, 0) is 12.8 Å². The molecule has 0 aliphatic rings. The molecule has 1 aromatic heterocycles. The number of rotatable bonds is 7. The molecule has 1 rings (SSSR count). The Kier molecular flexibility index (Phi) is 5.76. The molecule has 3 nitrogen and oxygen atoms in total. The molecule has 3 heteroatoms. The van der Waals surface area contributed by atoms with Gasteiger partial charge < -0.3 is 0 Å². The highest BCUT2D eigenvalue weighted by molar-refractivity contribution is 5.33. The van der Waals surface area contributed by atoms with Crippen molar-refractivity contribution in [2.75, 3.05) is 0 Å². The summed E-state index contributed by atoms with van der Waals surface area (Å²) in [7, 11) is 1.95. The molecule has 0 saturated heterocycles. The van der Waals surface area contributed by atoms with E-state index in [9.17, 15) is 0 Å². The molecule has 0 fully saturated rings. The zero-order chi connectivity index (χ0) is 12.7. The summed E-state index contributed by atoms with van der Waals surface area (Å²) in [5, 5.41) is 13.3. The summed E-state index contributed by atoms with van der Waals surface area (Å²) >= 11 is 0. The minimum Gasteiger partial charge on any atom is -0.271 e. The van der Waals surface area contributed by atoms with Crippen LogP contribution in [0.3, 0.4) is 0 Å². The van der Waals surface area contributed by atoms with Gasteiger partial charge in [0.25, 0.3) is 0 Å². The smallest absolute Gasteiger partial charge is 0.103 e. The SMILES string of the molecule is CCCCC(CCCC)c1c(C#N)cnn1C. The molecular weight excluding hydrogens is 210 g/mol. The second-order valence-electron chi connectivity index (χ2n) is 4.66. The molecule has 0 aromatic carbocycles.